The number of alkyl halides is 4. The topological polar surface area (TPSA) is 0 Å². The molecule has 0 nitrogen and oxygen atoms in total. The molecule has 0 saturated heterocycles. The molecule has 160 valence electrons. The zero-order valence-electron chi connectivity index (χ0n) is 17.3. The predicted octanol–water partition coefficient (Wildman–Crippen LogP) is 8.57. The summed E-state index contributed by atoms with van der Waals surface area (Å²) in [7, 11) is 0. The van der Waals surface area contributed by atoms with Gasteiger partial charge in [-0.2, -0.15) is 17.6 Å². The van der Waals surface area contributed by atoms with E-state index in [0.717, 1.165) is 29.2 Å². The van der Waals surface area contributed by atoms with Crippen LogP contribution in [-0.2, 0) is 5.92 Å². The average Bonchev–Trinajstić information content (AvgIpc) is 2.76. The van der Waals surface area contributed by atoms with E-state index in [1.54, 1.807) is 6.07 Å². The number of allylic oxidation sites excluding steroid dienone is 1. The minimum absolute atomic E-state index is 0.151. The van der Waals surface area contributed by atoms with Crippen LogP contribution < -0.4 is 0 Å². The third-order valence-corrected chi connectivity index (χ3v) is 6.81. The van der Waals surface area contributed by atoms with Gasteiger partial charge in [-0.25, -0.2) is 0 Å². The molecule has 0 heterocycles. The summed E-state index contributed by atoms with van der Waals surface area (Å²) in [4.78, 5) is 0. The number of hydrogen-bond donors (Lipinski definition) is 0. The molecular formula is C26H28F4. The summed E-state index contributed by atoms with van der Waals surface area (Å²) in [5.41, 5.74) is 2.53. The van der Waals surface area contributed by atoms with E-state index in [1.165, 1.54) is 56.6 Å². The van der Waals surface area contributed by atoms with Gasteiger partial charge in [0, 0.05) is 5.56 Å². The first kappa shape index (κ1) is 21.1. The monoisotopic (exact) mass is 416 g/mol. The number of halogens is 4. The highest BCUT2D eigenvalue weighted by atomic mass is 19.3. The van der Waals surface area contributed by atoms with Crippen molar-refractivity contribution in [2.45, 2.75) is 69.6 Å². The van der Waals surface area contributed by atoms with Crippen molar-refractivity contribution in [3.8, 4) is 11.1 Å². The van der Waals surface area contributed by atoms with Crippen LogP contribution in [0, 0.1) is 5.92 Å². The lowest BCUT2D eigenvalue weighted by Gasteiger charge is -2.29. The molecular weight excluding hydrogens is 388 g/mol. The molecule has 1 saturated carbocycles. The molecule has 0 unspecified atom stereocenters. The maximum atomic E-state index is 14.1. The fourth-order valence-electron chi connectivity index (χ4n) is 4.87. The van der Waals surface area contributed by atoms with Crippen molar-refractivity contribution >= 4 is 6.08 Å². The van der Waals surface area contributed by atoms with E-state index in [0.29, 0.717) is 12.0 Å². The van der Waals surface area contributed by atoms with Crippen molar-refractivity contribution < 1.29 is 17.6 Å². The maximum absolute atomic E-state index is 14.1. The lowest BCUT2D eigenvalue weighted by atomic mass is 9.77. The summed E-state index contributed by atoms with van der Waals surface area (Å²) in [6.45, 7) is 2.24. The van der Waals surface area contributed by atoms with Crippen molar-refractivity contribution in [3.05, 3.63) is 65.2 Å². The maximum Gasteiger partial charge on any atom is 0.339 e. The molecule has 4 rings (SSSR count). The van der Waals surface area contributed by atoms with Crippen molar-refractivity contribution in [3.63, 3.8) is 0 Å². The predicted molar refractivity (Wildman–Crippen MR) is 114 cm³/mol. The first-order valence-electron chi connectivity index (χ1n) is 11.0. The van der Waals surface area contributed by atoms with Crippen LogP contribution in [0.5, 0.6) is 0 Å². The highest BCUT2D eigenvalue weighted by Crippen LogP contribution is 2.49. The van der Waals surface area contributed by atoms with Crippen LogP contribution in [0.15, 0.2) is 48.5 Å². The Morgan fingerprint density at radius 3 is 2.20 bits per heavy atom. The number of hydrogen-bond acceptors (Lipinski definition) is 0. The van der Waals surface area contributed by atoms with Gasteiger partial charge in [0.2, 0.25) is 0 Å². The van der Waals surface area contributed by atoms with Crippen molar-refractivity contribution in [2.24, 2.45) is 5.92 Å². The van der Waals surface area contributed by atoms with Crippen LogP contribution in [0.4, 0.5) is 17.6 Å². The molecule has 2 aliphatic carbocycles. The van der Waals surface area contributed by atoms with Gasteiger partial charge in [0.05, 0.1) is 0 Å². The van der Waals surface area contributed by atoms with Crippen molar-refractivity contribution in [1.82, 2.24) is 0 Å². The second-order valence-electron chi connectivity index (χ2n) is 8.81. The number of fused-ring (bicyclic) bond motifs is 1. The lowest BCUT2D eigenvalue weighted by Crippen LogP contribution is -2.38. The Morgan fingerprint density at radius 2 is 1.53 bits per heavy atom. The van der Waals surface area contributed by atoms with Gasteiger partial charge in [0.1, 0.15) is 0 Å². The van der Waals surface area contributed by atoms with E-state index >= 15 is 0 Å². The normalized spacial score (nSPS) is 24.4. The van der Waals surface area contributed by atoms with Crippen LogP contribution in [0.25, 0.3) is 17.2 Å². The third-order valence-electron chi connectivity index (χ3n) is 6.81. The molecule has 0 aromatic heterocycles. The molecule has 0 amide bonds. The quantitative estimate of drug-likeness (QED) is 0.428. The Balaban J connectivity index is 1.48. The second kappa shape index (κ2) is 8.20. The van der Waals surface area contributed by atoms with Gasteiger partial charge in [-0.15, -0.1) is 0 Å². The van der Waals surface area contributed by atoms with Gasteiger partial charge in [-0.3, -0.25) is 0 Å². The minimum atomic E-state index is -4.19. The Hall–Kier alpha value is -2.10. The molecule has 0 spiro atoms. The molecule has 0 radical (unpaired) electrons. The number of benzene rings is 2. The molecule has 30 heavy (non-hydrogen) atoms. The minimum Gasteiger partial charge on any atom is -0.195 e. The Labute approximate surface area is 176 Å². The van der Waals surface area contributed by atoms with E-state index < -0.39 is 17.4 Å². The lowest BCUT2D eigenvalue weighted by molar-refractivity contribution is -0.187. The molecule has 1 fully saturated rings. The third kappa shape index (κ3) is 3.93. The SMILES string of the molecule is CCCCC1CCC(c2ccc(-c3ccc4c(c3)C=CC(F)(F)C4(F)F)cc2)CC1. The van der Waals surface area contributed by atoms with Gasteiger partial charge in [-0.1, -0.05) is 68.7 Å². The van der Waals surface area contributed by atoms with Crippen LogP contribution >= 0.6 is 0 Å². The van der Waals surface area contributed by atoms with Gasteiger partial charge in [0.15, 0.2) is 0 Å². The summed E-state index contributed by atoms with van der Waals surface area (Å²) in [6.07, 6.45) is 10.4. The van der Waals surface area contributed by atoms with Crippen LogP contribution in [-0.4, -0.2) is 5.92 Å². The molecule has 0 N–H and O–H groups in total. The van der Waals surface area contributed by atoms with Crippen LogP contribution in [0.2, 0.25) is 0 Å². The van der Waals surface area contributed by atoms with Crippen molar-refractivity contribution in [2.75, 3.05) is 0 Å². The molecule has 2 aliphatic rings. The van der Waals surface area contributed by atoms with E-state index in [2.05, 4.69) is 19.1 Å². The molecule has 2 aromatic carbocycles. The highest BCUT2D eigenvalue weighted by Gasteiger charge is 2.57. The number of unbranched alkanes of at least 4 members (excludes halogenated alkanes) is 1. The summed E-state index contributed by atoms with van der Waals surface area (Å²) >= 11 is 0. The molecule has 0 aliphatic heterocycles. The molecule has 2 aromatic rings. The van der Waals surface area contributed by atoms with E-state index in [-0.39, 0.29) is 5.56 Å². The molecule has 0 bridgehead atoms. The van der Waals surface area contributed by atoms with Crippen LogP contribution in [0.3, 0.4) is 0 Å². The summed E-state index contributed by atoms with van der Waals surface area (Å²) in [5, 5.41) is 0. The van der Waals surface area contributed by atoms with Gasteiger partial charge in [0.25, 0.3) is 0 Å². The first-order chi connectivity index (χ1) is 14.3. The Bertz CT molecular complexity index is 903. The summed E-state index contributed by atoms with van der Waals surface area (Å²) < 4.78 is 55.2. The van der Waals surface area contributed by atoms with Gasteiger partial charge >= 0.3 is 11.8 Å². The summed E-state index contributed by atoms with van der Waals surface area (Å²) in [5.74, 6) is -6.88. The standard InChI is InChI=1S/C26H28F4/c1-2-3-4-18-5-7-19(8-6-18)20-9-11-21(12-10-20)22-13-14-24-23(17-22)15-16-25(27,28)26(24,29)30/h9-19H,2-8H2,1H3. The smallest absolute Gasteiger partial charge is 0.195 e. The van der Waals surface area contributed by atoms with Crippen LogP contribution in [0.1, 0.15) is 74.5 Å². The highest BCUT2D eigenvalue weighted by molar-refractivity contribution is 5.71. The average molecular weight is 417 g/mol. The van der Waals surface area contributed by atoms with E-state index in [9.17, 15) is 17.6 Å². The van der Waals surface area contributed by atoms with E-state index in [4.69, 9.17) is 0 Å². The largest absolute Gasteiger partial charge is 0.339 e. The second-order valence-corrected chi connectivity index (χ2v) is 8.81. The zero-order chi connectivity index (χ0) is 21.4. The first-order valence-corrected chi connectivity index (χ1v) is 11.0. The van der Waals surface area contributed by atoms with Gasteiger partial charge in [-0.05, 0) is 71.9 Å². The molecule has 0 atom stereocenters. The van der Waals surface area contributed by atoms with Gasteiger partial charge < -0.3 is 0 Å². The van der Waals surface area contributed by atoms with E-state index in [1.807, 2.05) is 12.1 Å². The molecule has 4 heteroatoms. The zero-order valence-corrected chi connectivity index (χ0v) is 17.3. The van der Waals surface area contributed by atoms with Crippen molar-refractivity contribution in [1.29, 1.82) is 0 Å². The Morgan fingerprint density at radius 1 is 0.867 bits per heavy atom. The number of rotatable bonds is 5. The fraction of sp³-hybridized carbons (Fsp3) is 0.462. The fourth-order valence-corrected chi connectivity index (χ4v) is 4.87. The Kier molecular flexibility index (Phi) is 5.78. The summed E-state index contributed by atoms with van der Waals surface area (Å²) in [6, 6.07) is 12.5.